The molecular weight excluding hydrogens is 357 g/mol. The molecule has 0 saturated carbocycles. The van der Waals surface area contributed by atoms with Crippen LogP contribution in [0.15, 0.2) is 0 Å². The lowest BCUT2D eigenvalue weighted by molar-refractivity contribution is 0.0945. The molecule has 124 valence electrons. The lowest BCUT2D eigenvalue weighted by atomic mass is 10.2. The highest BCUT2D eigenvalue weighted by atomic mass is 35.5. The van der Waals surface area contributed by atoms with Gasteiger partial charge in [0.05, 0.1) is 35.4 Å². The van der Waals surface area contributed by atoms with Crippen LogP contribution in [-0.4, -0.2) is 61.7 Å². The predicted molar refractivity (Wildman–Crippen MR) is 89.1 cm³/mol. The molecule has 0 spiro atoms. The van der Waals surface area contributed by atoms with Gasteiger partial charge in [-0.25, -0.2) is 8.42 Å². The molecular formula is C12H21Cl2NO4S2. The van der Waals surface area contributed by atoms with Crippen LogP contribution < -0.4 is 5.32 Å². The van der Waals surface area contributed by atoms with Gasteiger partial charge in [-0.1, -0.05) is 6.92 Å². The minimum atomic E-state index is -3.10. The molecule has 1 aliphatic heterocycles. The fourth-order valence-electron chi connectivity index (χ4n) is 1.90. The van der Waals surface area contributed by atoms with E-state index in [9.17, 15) is 8.42 Å². The van der Waals surface area contributed by atoms with Crippen molar-refractivity contribution in [2.24, 2.45) is 0 Å². The van der Waals surface area contributed by atoms with Gasteiger partial charge in [0.2, 0.25) is 0 Å². The van der Waals surface area contributed by atoms with Crippen LogP contribution in [0.3, 0.4) is 0 Å². The Morgan fingerprint density at radius 1 is 1.43 bits per heavy atom. The lowest BCUT2D eigenvalue weighted by Crippen LogP contribution is -2.42. The van der Waals surface area contributed by atoms with Gasteiger partial charge in [-0.15, -0.1) is 23.2 Å². The number of rotatable bonds is 8. The summed E-state index contributed by atoms with van der Waals surface area (Å²) in [5.41, 5.74) is 0. The van der Waals surface area contributed by atoms with Crippen molar-refractivity contribution in [1.29, 1.82) is 0 Å². The standard InChI is InChI=1S/C12H21Cl2NO4S2/c1-2-4-18-5-3-9(6-13)19-12(20)15-11-8-21(16,17)7-10(11)14/h9-11H,2-8H2,1H3,(H,15,20). The smallest absolute Gasteiger partial charge is 0.257 e. The molecule has 0 aromatic heterocycles. The van der Waals surface area contributed by atoms with Crippen molar-refractivity contribution in [2.75, 3.05) is 30.6 Å². The molecule has 1 aliphatic rings. The molecule has 1 rings (SSSR count). The van der Waals surface area contributed by atoms with E-state index in [-0.39, 0.29) is 28.7 Å². The van der Waals surface area contributed by atoms with Crippen LogP contribution in [0.2, 0.25) is 0 Å². The van der Waals surface area contributed by atoms with Gasteiger partial charge in [-0.3, -0.25) is 0 Å². The highest BCUT2D eigenvalue weighted by Gasteiger charge is 2.37. The van der Waals surface area contributed by atoms with Gasteiger partial charge in [-0.2, -0.15) is 0 Å². The van der Waals surface area contributed by atoms with Gasteiger partial charge >= 0.3 is 0 Å². The molecule has 1 N–H and O–H groups in total. The number of hydrogen-bond acceptors (Lipinski definition) is 5. The van der Waals surface area contributed by atoms with Gasteiger partial charge in [0.15, 0.2) is 9.84 Å². The van der Waals surface area contributed by atoms with E-state index in [1.54, 1.807) is 0 Å². The number of hydrogen-bond donors (Lipinski definition) is 1. The molecule has 3 unspecified atom stereocenters. The van der Waals surface area contributed by atoms with Crippen LogP contribution >= 0.6 is 35.4 Å². The van der Waals surface area contributed by atoms with Crippen molar-refractivity contribution < 1.29 is 17.9 Å². The summed E-state index contributed by atoms with van der Waals surface area (Å²) in [7, 11) is -3.10. The highest BCUT2D eigenvalue weighted by molar-refractivity contribution is 7.91. The molecule has 1 heterocycles. The molecule has 0 amide bonds. The summed E-state index contributed by atoms with van der Waals surface area (Å²) in [5, 5.41) is 2.48. The van der Waals surface area contributed by atoms with E-state index >= 15 is 0 Å². The maximum atomic E-state index is 11.5. The van der Waals surface area contributed by atoms with Crippen LogP contribution in [0.5, 0.6) is 0 Å². The van der Waals surface area contributed by atoms with E-state index in [0.717, 1.165) is 6.42 Å². The summed E-state index contributed by atoms with van der Waals surface area (Å²) < 4.78 is 33.8. The van der Waals surface area contributed by atoms with Crippen LogP contribution in [-0.2, 0) is 19.3 Å². The Balaban J connectivity index is 2.34. The molecule has 1 fully saturated rings. The monoisotopic (exact) mass is 377 g/mol. The molecule has 0 aromatic carbocycles. The first kappa shape index (κ1) is 19.2. The van der Waals surface area contributed by atoms with Crippen molar-refractivity contribution in [3.63, 3.8) is 0 Å². The Kier molecular flexibility index (Phi) is 8.56. The fourth-order valence-corrected chi connectivity index (χ4v) is 4.96. The Hall–Kier alpha value is 0.180. The molecule has 3 atom stereocenters. The van der Waals surface area contributed by atoms with E-state index in [1.165, 1.54) is 0 Å². The second kappa shape index (κ2) is 9.35. The van der Waals surface area contributed by atoms with Crippen LogP contribution in [0, 0.1) is 0 Å². The summed E-state index contributed by atoms with van der Waals surface area (Å²) in [6.07, 6.45) is 1.31. The highest BCUT2D eigenvalue weighted by Crippen LogP contribution is 2.18. The van der Waals surface area contributed by atoms with Gasteiger partial charge in [0.1, 0.15) is 6.10 Å². The zero-order valence-corrected chi connectivity index (χ0v) is 15.0. The molecule has 0 aromatic rings. The third kappa shape index (κ3) is 7.32. The van der Waals surface area contributed by atoms with Crippen LogP contribution in [0.25, 0.3) is 0 Å². The van der Waals surface area contributed by atoms with Gasteiger partial charge in [-0.05, 0) is 18.6 Å². The number of thiocarbonyl (C=S) groups is 1. The zero-order valence-electron chi connectivity index (χ0n) is 11.9. The summed E-state index contributed by atoms with van der Waals surface area (Å²) in [5.74, 6) is 0.207. The Labute approximate surface area is 141 Å². The van der Waals surface area contributed by atoms with E-state index < -0.39 is 21.3 Å². The predicted octanol–water partition coefficient (Wildman–Crippen LogP) is 1.71. The third-order valence-corrected chi connectivity index (χ3v) is 5.90. The van der Waals surface area contributed by atoms with Crippen molar-refractivity contribution in [1.82, 2.24) is 5.32 Å². The molecule has 1 saturated heterocycles. The largest absolute Gasteiger partial charge is 0.466 e. The summed E-state index contributed by atoms with van der Waals surface area (Å²) in [6, 6.07) is -0.420. The molecule has 5 nitrogen and oxygen atoms in total. The van der Waals surface area contributed by atoms with Gasteiger partial charge in [0.25, 0.3) is 5.17 Å². The summed E-state index contributed by atoms with van der Waals surface area (Å²) in [6.45, 7) is 3.28. The van der Waals surface area contributed by atoms with E-state index in [2.05, 4.69) is 5.32 Å². The quantitative estimate of drug-likeness (QED) is 0.394. The number of sulfone groups is 1. The zero-order chi connectivity index (χ0) is 15.9. The summed E-state index contributed by atoms with van der Waals surface area (Å²) >= 11 is 16.9. The SMILES string of the molecule is CCCOCCC(CCl)OC(=S)NC1CS(=O)(=O)CC1Cl. The maximum absolute atomic E-state index is 11.5. The van der Waals surface area contributed by atoms with Crippen molar-refractivity contribution in [3.8, 4) is 0 Å². The third-order valence-electron chi connectivity index (χ3n) is 2.96. The average Bonchev–Trinajstić information content (AvgIpc) is 2.65. The first-order valence-corrected chi connectivity index (χ1v) is 10.0. The van der Waals surface area contributed by atoms with Crippen molar-refractivity contribution >= 4 is 50.4 Å². The summed E-state index contributed by atoms with van der Waals surface area (Å²) in [4.78, 5) is 0. The van der Waals surface area contributed by atoms with Gasteiger partial charge in [0, 0.05) is 13.0 Å². The Morgan fingerprint density at radius 3 is 2.67 bits per heavy atom. The van der Waals surface area contributed by atoms with Crippen molar-refractivity contribution in [3.05, 3.63) is 0 Å². The molecule has 0 radical (unpaired) electrons. The number of halogens is 2. The number of nitrogens with one attached hydrogen (secondary N) is 1. The average molecular weight is 378 g/mol. The van der Waals surface area contributed by atoms with E-state index in [0.29, 0.717) is 19.6 Å². The normalized spacial score (nSPS) is 25.5. The first-order valence-electron chi connectivity index (χ1n) is 6.83. The minimum Gasteiger partial charge on any atom is -0.466 e. The fraction of sp³-hybridized carbons (Fsp3) is 0.917. The molecule has 9 heteroatoms. The lowest BCUT2D eigenvalue weighted by Gasteiger charge is -2.21. The molecule has 21 heavy (non-hydrogen) atoms. The number of alkyl halides is 2. The Bertz CT molecular complexity index is 433. The van der Waals surface area contributed by atoms with Crippen LogP contribution in [0.1, 0.15) is 19.8 Å². The molecule has 0 bridgehead atoms. The first-order chi connectivity index (χ1) is 9.88. The second-order valence-corrected chi connectivity index (χ2v) is 8.32. The maximum Gasteiger partial charge on any atom is 0.257 e. The van der Waals surface area contributed by atoms with E-state index in [1.807, 2.05) is 6.92 Å². The Morgan fingerprint density at radius 2 is 2.14 bits per heavy atom. The number of ether oxygens (including phenoxy) is 2. The van der Waals surface area contributed by atoms with Crippen LogP contribution in [0.4, 0.5) is 0 Å². The second-order valence-electron chi connectivity index (χ2n) is 4.93. The van der Waals surface area contributed by atoms with E-state index in [4.69, 9.17) is 44.9 Å². The minimum absolute atomic E-state index is 0.0319. The van der Waals surface area contributed by atoms with Crippen molar-refractivity contribution in [2.45, 2.75) is 37.3 Å². The molecule has 0 aliphatic carbocycles. The van der Waals surface area contributed by atoms with Gasteiger partial charge < -0.3 is 14.8 Å². The topological polar surface area (TPSA) is 64.6 Å².